The van der Waals surface area contributed by atoms with Gasteiger partial charge in [0.05, 0.1) is 0 Å². The summed E-state index contributed by atoms with van der Waals surface area (Å²) in [5, 5.41) is 0. The molecule has 0 aliphatic heterocycles. The Morgan fingerprint density at radius 3 is 1.65 bits per heavy atom. The first-order valence-electron chi connectivity index (χ1n) is 17.3. The van der Waals surface area contributed by atoms with Crippen molar-refractivity contribution < 1.29 is 20.0 Å². The predicted octanol–water partition coefficient (Wildman–Crippen LogP) is 12.9. The number of fused-ring (bicyclic) bond motifs is 3. The molecule has 3 heteroatoms. The van der Waals surface area contributed by atoms with Crippen LogP contribution in [-0.4, -0.2) is 4.82 Å². The monoisotopic (exact) mass is 710 g/mol. The summed E-state index contributed by atoms with van der Waals surface area (Å²) in [6.07, 6.45) is 25.1. The molecule has 254 valence electrons. The maximum Gasteiger partial charge on any atom is -0.0162 e. The van der Waals surface area contributed by atoms with E-state index in [1.54, 1.807) is 31.1 Å². The fourth-order valence-electron chi connectivity index (χ4n) is 6.78. The number of aryl methyl sites for hydroxylation is 2. The molecule has 4 aromatic rings. The summed E-state index contributed by atoms with van der Waals surface area (Å²) in [6, 6.07) is 37.6. The summed E-state index contributed by atoms with van der Waals surface area (Å²) in [5.41, 5.74) is 11.6. The molecule has 0 heterocycles. The molecule has 0 N–H and O–H groups in total. The number of hydrogen-bond donors (Lipinski definition) is 0. The second-order valence-corrected chi connectivity index (χ2v) is 12.7. The molecule has 0 radical (unpaired) electrons. The number of halogens is 2. The fourth-order valence-corrected chi connectivity index (χ4v) is 6.78. The van der Waals surface area contributed by atoms with Gasteiger partial charge in [-0.15, -0.1) is 42.4 Å². The van der Waals surface area contributed by atoms with E-state index in [9.17, 15) is 0 Å². The van der Waals surface area contributed by atoms with E-state index in [2.05, 4.69) is 79.3 Å². The van der Waals surface area contributed by atoms with E-state index in [0.29, 0.717) is 0 Å². The van der Waals surface area contributed by atoms with Crippen molar-refractivity contribution in [1.82, 2.24) is 0 Å². The van der Waals surface area contributed by atoms with Gasteiger partial charge in [0.25, 0.3) is 0 Å². The van der Waals surface area contributed by atoms with Crippen LogP contribution in [0.4, 0.5) is 0 Å². The molecular formula is C45H52Cl2Ti-4. The van der Waals surface area contributed by atoms with Crippen LogP contribution >= 0.6 is 24.8 Å². The van der Waals surface area contributed by atoms with Crippen LogP contribution in [-0.2, 0) is 26.4 Å². The summed E-state index contributed by atoms with van der Waals surface area (Å²) < 4.78 is 0. The van der Waals surface area contributed by atoms with Gasteiger partial charge in [0.2, 0.25) is 0 Å². The van der Waals surface area contributed by atoms with Crippen molar-refractivity contribution in [2.75, 3.05) is 0 Å². The average molecular weight is 712 g/mol. The van der Waals surface area contributed by atoms with Gasteiger partial charge in [-0.05, 0) is 55.1 Å². The molecule has 0 nitrogen and oxygen atoms in total. The van der Waals surface area contributed by atoms with Gasteiger partial charge in [0.15, 0.2) is 0 Å². The van der Waals surface area contributed by atoms with Crippen LogP contribution in [0.2, 0.25) is 0 Å². The minimum atomic E-state index is 0. The molecule has 0 aromatic heterocycles. The van der Waals surface area contributed by atoms with E-state index >= 15 is 0 Å². The zero-order valence-corrected chi connectivity index (χ0v) is 32.1. The van der Waals surface area contributed by atoms with Crippen molar-refractivity contribution in [1.29, 1.82) is 0 Å². The van der Waals surface area contributed by atoms with Gasteiger partial charge in [0, 0.05) is 0 Å². The second-order valence-electron chi connectivity index (χ2n) is 12.7. The van der Waals surface area contributed by atoms with Crippen molar-refractivity contribution in [3.63, 3.8) is 0 Å². The molecule has 8 rings (SSSR count). The van der Waals surface area contributed by atoms with Crippen LogP contribution in [0.5, 0.6) is 0 Å². The SMILES string of the molecule is Cc1cc[c-]cc1.Cc1cc[c-]cc1.Cl.Cl.[C-]1=CC=CC1.[CH2]=[Ti].[c-]1c(C2CCCCC2)ccc2c1Cc1cc(C3CCCCC3)ccc1-2. The molecule has 4 aliphatic rings. The Morgan fingerprint density at radius 2 is 1.19 bits per heavy atom. The first-order valence-corrected chi connectivity index (χ1v) is 18.4. The molecule has 48 heavy (non-hydrogen) atoms. The first-order chi connectivity index (χ1) is 22.7. The summed E-state index contributed by atoms with van der Waals surface area (Å²) in [5.74, 6) is 1.57. The van der Waals surface area contributed by atoms with Crippen LogP contribution in [0.25, 0.3) is 11.1 Å². The van der Waals surface area contributed by atoms with Crippen LogP contribution in [0, 0.1) is 38.1 Å². The van der Waals surface area contributed by atoms with Crippen LogP contribution in [0.3, 0.4) is 0 Å². The molecule has 0 saturated heterocycles. The molecule has 4 aliphatic carbocycles. The van der Waals surface area contributed by atoms with Crippen LogP contribution in [0.1, 0.15) is 116 Å². The third-order valence-electron chi connectivity index (χ3n) is 9.31. The van der Waals surface area contributed by atoms with Crippen molar-refractivity contribution >= 4 is 29.6 Å². The van der Waals surface area contributed by atoms with Crippen molar-refractivity contribution in [2.24, 2.45) is 0 Å². The Morgan fingerprint density at radius 1 is 0.646 bits per heavy atom. The Labute approximate surface area is 316 Å². The van der Waals surface area contributed by atoms with E-state index < -0.39 is 0 Å². The third-order valence-corrected chi connectivity index (χ3v) is 9.31. The molecule has 2 fully saturated rings. The Hall–Kier alpha value is -2.48. The maximum atomic E-state index is 3.84. The van der Waals surface area contributed by atoms with Crippen molar-refractivity contribution in [2.45, 2.75) is 103 Å². The molecular weight excluding hydrogens is 659 g/mol. The molecule has 0 amide bonds. The Balaban J connectivity index is 0.000000284. The fraction of sp³-hybridized carbons (Fsp3) is 0.356. The van der Waals surface area contributed by atoms with Gasteiger partial charge < -0.3 is 0 Å². The maximum absolute atomic E-state index is 3.84. The minimum absolute atomic E-state index is 0. The van der Waals surface area contributed by atoms with Gasteiger partial charge in [-0.25, -0.2) is 12.2 Å². The zero-order chi connectivity index (χ0) is 32.4. The van der Waals surface area contributed by atoms with Crippen LogP contribution < -0.4 is 0 Å². The quantitative estimate of drug-likeness (QED) is 0.126. The number of benzene rings is 4. The molecule has 0 bridgehead atoms. The van der Waals surface area contributed by atoms with Gasteiger partial charge in [-0.2, -0.15) is 102 Å². The minimum Gasteiger partial charge on any atom is -0.176 e. The summed E-state index contributed by atoms with van der Waals surface area (Å²) in [7, 11) is 0. The van der Waals surface area contributed by atoms with Gasteiger partial charge in [-0.1, -0.05) is 76.1 Å². The second kappa shape index (κ2) is 23.8. The van der Waals surface area contributed by atoms with E-state index in [1.807, 2.05) is 60.7 Å². The molecule has 0 atom stereocenters. The van der Waals surface area contributed by atoms with E-state index in [-0.39, 0.29) is 24.8 Å². The van der Waals surface area contributed by atoms with Gasteiger partial charge in [0.1, 0.15) is 0 Å². The number of rotatable bonds is 2. The number of hydrogen-bond acceptors (Lipinski definition) is 0. The predicted molar refractivity (Wildman–Crippen MR) is 208 cm³/mol. The number of allylic oxidation sites excluding steroid dienone is 4. The molecule has 0 unspecified atom stereocenters. The van der Waals surface area contributed by atoms with E-state index in [1.165, 1.54) is 97.6 Å². The van der Waals surface area contributed by atoms with Crippen LogP contribution in [0.15, 0.2) is 97.1 Å². The van der Waals surface area contributed by atoms with E-state index in [0.717, 1.165) is 24.7 Å². The molecule has 2 saturated carbocycles. The largest absolute Gasteiger partial charge is 0.176 e. The van der Waals surface area contributed by atoms with E-state index in [4.69, 9.17) is 0 Å². The topological polar surface area (TPSA) is 0 Å². The zero-order valence-electron chi connectivity index (χ0n) is 28.9. The summed E-state index contributed by atoms with van der Waals surface area (Å²) in [4.78, 5) is 3.25. The first kappa shape index (κ1) is 41.7. The molecule has 4 aromatic carbocycles. The van der Waals surface area contributed by atoms with Gasteiger partial charge in [-0.3, -0.25) is 6.08 Å². The van der Waals surface area contributed by atoms with Crippen molar-refractivity contribution in [3.05, 3.63) is 155 Å². The average Bonchev–Trinajstić information content (AvgIpc) is 3.83. The Bertz CT molecular complexity index is 1380. The third kappa shape index (κ3) is 13.4. The molecule has 0 spiro atoms. The normalized spacial score (nSPS) is 15.4. The smallest absolute Gasteiger partial charge is 0.0162 e. The van der Waals surface area contributed by atoms with Gasteiger partial charge >= 0.3 is 24.8 Å². The van der Waals surface area contributed by atoms with Crippen molar-refractivity contribution in [3.8, 4) is 11.1 Å². The summed E-state index contributed by atoms with van der Waals surface area (Å²) in [6.45, 7) is 4.13. The standard InChI is InChI=1S/C25H29.2C7H7.C5H5.CH2.2ClH.Ti/c1-3-7-18(8-4-1)20-11-13-24-22(15-20)17-23-16-21(12-14-25(23)24)19-9-5-2-6-10-19;2*1-7-5-3-2-4-6-7;1-2-4-5-3-1;;;;/h11-15,18-19H,1-10,17H2;2*3-6H,1H3;1-3H,4H2;1H2;2*1H;/q4*-1;;;;. The Kier molecular flexibility index (Phi) is 20.7. The summed E-state index contributed by atoms with van der Waals surface area (Å²) >= 11 is 1.75.